The summed E-state index contributed by atoms with van der Waals surface area (Å²) < 4.78 is 0. The van der Waals surface area contributed by atoms with E-state index in [9.17, 15) is 0 Å². The van der Waals surface area contributed by atoms with Crippen LogP contribution in [0.5, 0.6) is 0 Å². The quantitative estimate of drug-likeness (QED) is 0.647. The molecule has 0 saturated heterocycles. The van der Waals surface area contributed by atoms with Crippen LogP contribution in [0.1, 0.15) is 12.5 Å². The van der Waals surface area contributed by atoms with Gasteiger partial charge in [-0.2, -0.15) is 5.26 Å². The zero-order valence-corrected chi connectivity index (χ0v) is 7.07. The fourth-order valence-corrected chi connectivity index (χ4v) is 0.863. The third-order valence-electron chi connectivity index (χ3n) is 1.58. The van der Waals surface area contributed by atoms with Crippen molar-refractivity contribution in [3.8, 4) is 6.07 Å². The second kappa shape index (κ2) is 4.35. The highest BCUT2D eigenvalue weighted by atomic mass is 14.2. The smallest absolute Gasteiger partial charge is 0.0694 e. The Morgan fingerprint density at radius 1 is 1.33 bits per heavy atom. The van der Waals surface area contributed by atoms with Gasteiger partial charge in [-0.3, -0.25) is 0 Å². The van der Waals surface area contributed by atoms with Crippen LogP contribution < -0.4 is 0 Å². The van der Waals surface area contributed by atoms with Crippen LogP contribution in [-0.2, 0) is 0 Å². The second-order valence-corrected chi connectivity index (χ2v) is 2.69. The molecule has 0 aromatic heterocycles. The molecule has 1 nitrogen and oxygen atoms in total. The molecule has 1 atom stereocenters. The van der Waals surface area contributed by atoms with Crippen molar-refractivity contribution < 1.29 is 0 Å². The lowest BCUT2D eigenvalue weighted by Gasteiger charge is -1.92. The average Bonchev–Trinajstić information content (AvgIpc) is 2.16. The first kappa shape index (κ1) is 8.55. The molecule has 1 rings (SSSR count). The molecular formula is C11H11N. The summed E-state index contributed by atoms with van der Waals surface area (Å²) in [5, 5.41) is 8.51. The van der Waals surface area contributed by atoms with E-state index in [-0.39, 0.29) is 5.92 Å². The summed E-state index contributed by atoms with van der Waals surface area (Å²) in [5.41, 5.74) is 1.14. The Morgan fingerprint density at radius 2 is 2.00 bits per heavy atom. The Labute approximate surface area is 73.0 Å². The van der Waals surface area contributed by atoms with E-state index >= 15 is 0 Å². The van der Waals surface area contributed by atoms with Gasteiger partial charge in [0.2, 0.25) is 0 Å². The molecule has 0 fully saturated rings. The number of nitrogens with zero attached hydrogens (tertiary/aromatic N) is 1. The molecule has 0 amide bonds. The van der Waals surface area contributed by atoms with Crippen LogP contribution in [0, 0.1) is 17.2 Å². The molecule has 1 unspecified atom stereocenters. The Balaban J connectivity index is 2.65. The first-order valence-electron chi connectivity index (χ1n) is 3.96. The maximum absolute atomic E-state index is 8.51. The van der Waals surface area contributed by atoms with Gasteiger partial charge in [0.15, 0.2) is 0 Å². The van der Waals surface area contributed by atoms with Gasteiger partial charge < -0.3 is 0 Å². The van der Waals surface area contributed by atoms with Crippen molar-refractivity contribution in [2.75, 3.05) is 0 Å². The number of nitriles is 1. The van der Waals surface area contributed by atoms with Crippen LogP contribution >= 0.6 is 0 Å². The van der Waals surface area contributed by atoms with Crippen molar-refractivity contribution in [1.29, 1.82) is 5.26 Å². The fraction of sp³-hybridized carbons (Fsp3) is 0.182. The van der Waals surface area contributed by atoms with Crippen molar-refractivity contribution in [3.63, 3.8) is 0 Å². The third kappa shape index (κ3) is 2.59. The highest BCUT2D eigenvalue weighted by Crippen LogP contribution is 2.03. The van der Waals surface area contributed by atoms with Gasteiger partial charge in [0.25, 0.3) is 0 Å². The first-order valence-corrected chi connectivity index (χ1v) is 3.96. The molecular weight excluding hydrogens is 146 g/mol. The number of rotatable bonds is 2. The fourth-order valence-electron chi connectivity index (χ4n) is 0.863. The van der Waals surface area contributed by atoms with E-state index in [0.717, 1.165) is 5.56 Å². The van der Waals surface area contributed by atoms with Crippen molar-refractivity contribution in [1.82, 2.24) is 0 Å². The van der Waals surface area contributed by atoms with E-state index in [1.807, 2.05) is 49.4 Å². The highest BCUT2D eigenvalue weighted by molar-refractivity contribution is 5.49. The predicted octanol–water partition coefficient (Wildman–Crippen LogP) is 2.86. The highest BCUT2D eigenvalue weighted by Gasteiger charge is 1.90. The molecule has 0 aliphatic rings. The van der Waals surface area contributed by atoms with Crippen LogP contribution in [0.25, 0.3) is 6.08 Å². The summed E-state index contributed by atoms with van der Waals surface area (Å²) in [6.07, 6.45) is 3.86. The SMILES string of the molecule is CC(C#N)/C=C\c1ccccc1. The van der Waals surface area contributed by atoms with Crippen molar-refractivity contribution in [3.05, 3.63) is 42.0 Å². The normalized spacial score (nSPS) is 12.7. The monoisotopic (exact) mass is 157 g/mol. The second-order valence-electron chi connectivity index (χ2n) is 2.69. The Bertz CT molecular complexity index is 293. The van der Waals surface area contributed by atoms with E-state index in [2.05, 4.69) is 6.07 Å². The summed E-state index contributed by atoms with van der Waals surface area (Å²) in [7, 11) is 0. The van der Waals surface area contributed by atoms with Gasteiger partial charge in [-0.05, 0) is 12.5 Å². The average molecular weight is 157 g/mol. The summed E-state index contributed by atoms with van der Waals surface area (Å²) in [4.78, 5) is 0. The largest absolute Gasteiger partial charge is 0.198 e. The van der Waals surface area contributed by atoms with Gasteiger partial charge in [-0.25, -0.2) is 0 Å². The molecule has 1 aromatic rings. The van der Waals surface area contributed by atoms with Crippen LogP contribution in [0.15, 0.2) is 36.4 Å². The lowest BCUT2D eigenvalue weighted by Crippen LogP contribution is -1.80. The van der Waals surface area contributed by atoms with E-state index in [1.165, 1.54) is 0 Å². The maximum Gasteiger partial charge on any atom is 0.0694 e. The zero-order chi connectivity index (χ0) is 8.81. The summed E-state index contributed by atoms with van der Waals surface area (Å²) in [6.45, 7) is 1.87. The number of benzene rings is 1. The van der Waals surface area contributed by atoms with Crippen LogP contribution in [0.2, 0.25) is 0 Å². The van der Waals surface area contributed by atoms with E-state index in [1.54, 1.807) is 0 Å². The Hall–Kier alpha value is -1.55. The Kier molecular flexibility index (Phi) is 3.10. The van der Waals surface area contributed by atoms with Crippen LogP contribution in [-0.4, -0.2) is 0 Å². The standard InChI is InChI=1S/C11H11N/c1-10(9-12)7-8-11-5-3-2-4-6-11/h2-8,10H,1H3/b8-7-. The van der Waals surface area contributed by atoms with Gasteiger partial charge in [-0.15, -0.1) is 0 Å². The minimum Gasteiger partial charge on any atom is -0.198 e. The minimum atomic E-state index is -0.00907. The molecule has 1 heteroatoms. The molecule has 0 spiro atoms. The van der Waals surface area contributed by atoms with Crippen molar-refractivity contribution in [2.45, 2.75) is 6.92 Å². The molecule has 0 heterocycles. The predicted molar refractivity (Wildman–Crippen MR) is 50.3 cm³/mol. The van der Waals surface area contributed by atoms with Crippen molar-refractivity contribution in [2.24, 2.45) is 5.92 Å². The maximum atomic E-state index is 8.51. The number of hydrogen-bond acceptors (Lipinski definition) is 1. The minimum absolute atomic E-state index is 0.00907. The summed E-state index contributed by atoms with van der Waals surface area (Å²) >= 11 is 0. The lowest BCUT2D eigenvalue weighted by atomic mass is 10.1. The van der Waals surface area contributed by atoms with E-state index in [0.29, 0.717) is 0 Å². The molecule has 0 N–H and O–H groups in total. The molecule has 0 bridgehead atoms. The topological polar surface area (TPSA) is 23.8 Å². The van der Waals surface area contributed by atoms with Crippen LogP contribution in [0.3, 0.4) is 0 Å². The number of allylic oxidation sites excluding steroid dienone is 1. The van der Waals surface area contributed by atoms with Crippen molar-refractivity contribution >= 4 is 6.08 Å². The Morgan fingerprint density at radius 3 is 2.58 bits per heavy atom. The van der Waals surface area contributed by atoms with E-state index < -0.39 is 0 Å². The molecule has 60 valence electrons. The molecule has 0 aliphatic heterocycles. The molecule has 1 aromatic carbocycles. The molecule has 0 radical (unpaired) electrons. The lowest BCUT2D eigenvalue weighted by molar-refractivity contribution is 0.962. The zero-order valence-electron chi connectivity index (χ0n) is 7.07. The van der Waals surface area contributed by atoms with E-state index in [4.69, 9.17) is 5.26 Å². The van der Waals surface area contributed by atoms with Gasteiger partial charge in [0.05, 0.1) is 12.0 Å². The molecule has 0 saturated carbocycles. The number of hydrogen-bond donors (Lipinski definition) is 0. The first-order chi connectivity index (χ1) is 5.83. The molecule has 0 aliphatic carbocycles. The van der Waals surface area contributed by atoms with Crippen LogP contribution in [0.4, 0.5) is 0 Å². The van der Waals surface area contributed by atoms with Gasteiger partial charge in [-0.1, -0.05) is 42.5 Å². The summed E-state index contributed by atoms with van der Waals surface area (Å²) in [6, 6.07) is 12.1. The molecule has 12 heavy (non-hydrogen) atoms. The van der Waals surface area contributed by atoms with Gasteiger partial charge in [0, 0.05) is 0 Å². The van der Waals surface area contributed by atoms with Gasteiger partial charge >= 0.3 is 0 Å². The third-order valence-corrected chi connectivity index (χ3v) is 1.58. The van der Waals surface area contributed by atoms with Gasteiger partial charge in [0.1, 0.15) is 0 Å². The summed E-state index contributed by atoms with van der Waals surface area (Å²) in [5.74, 6) is -0.00907.